The number of benzene rings is 2. The summed E-state index contributed by atoms with van der Waals surface area (Å²) in [6.07, 6.45) is -3.48. The molecule has 0 saturated heterocycles. The van der Waals surface area contributed by atoms with E-state index < -0.39 is 123 Å². The van der Waals surface area contributed by atoms with Crippen LogP contribution >= 0.6 is 7.82 Å². The van der Waals surface area contributed by atoms with Crippen LogP contribution in [0.2, 0.25) is 0 Å². The average molecular weight is 1240 g/mol. The summed E-state index contributed by atoms with van der Waals surface area (Å²) in [5.41, 5.74) is 0.305. The summed E-state index contributed by atoms with van der Waals surface area (Å²) in [5, 5.41) is 1.09. The van der Waals surface area contributed by atoms with Crippen molar-refractivity contribution in [2.45, 2.75) is 110 Å². The van der Waals surface area contributed by atoms with Crippen molar-refractivity contribution in [3.8, 4) is 34.3 Å². The standard InChI is InChI=1S/C60H60N5O22P/c1-8-59(85-32(3)66)43-24-47-53-36(26-63(47)55(72)41(43)30-80-57(59)74)20-34-22-38(10-12-45(34)61-53)83-51(70)16-14-49(68)78-28-40(87-88(76,77)82-19-18-65(5,6)7)29-79-50(69)15-17-52(71)84-39-11-13-46-35(23-39)21-37-27-64-48(54(37)62-46)25-44-42(56(64)73)31-81-58(75)60(44,9-2)86-33(4)67/h10-13,20-25,40H,8-9,14-19,26-31H2,1-7H3/p+1. The van der Waals surface area contributed by atoms with Crippen molar-refractivity contribution in [3.63, 3.8) is 0 Å². The molecule has 28 heteroatoms. The van der Waals surface area contributed by atoms with Crippen LogP contribution in [0.15, 0.2) is 70.3 Å². The topological polar surface area (TPSA) is 336 Å². The fraction of sp³-hybridized carbons (Fsp3) is 0.400. The minimum Gasteiger partial charge on any atom is -0.463 e. The van der Waals surface area contributed by atoms with Gasteiger partial charge in [-0.3, -0.25) is 47.4 Å². The second kappa shape index (κ2) is 24.3. The zero-order chi connectivity index (χ0) is 63.2. The van der Waals surface area contributed by atoms with Gasteiger partial charge in [-0.25, -0.2) is 24.1 Å². The van der Waals surface area contributed by atoms with Gasteiger partial charge in [-0.05, 0) is 73.5 Å². The quantitative estimate of drug-likeness (QED) is 0.0307. The molecule has 3 unspecified atom stereocenters. The number of ether oxygens (including phenoxy) is 8. The number of phosphoric ester groups is 1. The number of nitrogens with zero attached hydrogens (tertiary/aromatic N) is 5. The van der Waals surface area contributed by atoms with Crippen molar-refractivity contribution >= 4 is 77.4 Å². The van der Waals surface area contributed by atoms with Gasteiger partial charge < -0.3 is 56.4 Å². The number of aromatic nitrogens is 4. The zero-order valence-corrected chi connectivity index (χ0v) is 49.8. The molecule has 10 rings (SSSR count). The molecule has 2 aromatic carbocycles. The number of fused-ring (bicyclic) bond motifs is 10. The summed E-state index contributed by atoms with van der Waals surface area (Å²) in [6, 6.07) is 16.0. The Morgan fingerprint density at radius 2 is 1.06 bits per heavy atom. The molecule has 4 aliphatic rings. The monoisotopic (exact) mass is 1230 g/mol. The number of phosphoric acid groups is 1. The van der Waals surface area contributed by atoms with Gasteiger partial charge in [0.2, 0.25) is 11.2 Å². The number of carbonyl (C=O) groups excluding carboxylic acids is 8. The normalized spacial score (nSPS) is 18.0. The summed E-state index contributed by atoms with van der Waals surface area (Å²) >= 11 is 0. The molecule has 0 spiro atoms. The third-order valence-corrected chi connectivity index (χ3v) is 16.3. The molecule has 0 radical (unpaired) electrons. The Morgan fingerprint density at radius 3 is 1.45 bits per heavy atom. The van der Waals surface area contributed by atoms with Crippen LogP contribution in [0, 0.1) is 0 Å². The lowest BCUT2D eigenvalue weighted by Gasteiger charge is -2.35. The Bertz CT molecular complexity index is 3890. The third kappa shape index (κ3) is 12.6. The maximum absolute atomic E-state index is 13.8. The second-order valence-corrected chi connectivity index (χ2v) is 23.8. The minimum atomic E-state index is -4.85. The maximum Gasteiger partial charge on any atom is 0.472 e. The average Bonchev–Trinajstić information content (AvgIpc) is 1.58. The van der Waals surface area contributed by atoms with Gasteiger partial charge >= 0.3 is 55.6 Å². The van der Waals surface area contributed by atoms with Crippen LogP contribution < -0.4 is 20.6 Å². The molecule has 6 aromatic rings. The molecule has 0 saturated carbocycles. The minimum absolute atomic E-state index is 0.0206. The SMILES string of the molecule is CCC1(OC(C)=O)C(=O)OCc2c1cc1n(c2=O)Cc2cc3cc(OC(=O)CCC(=O)OCC(COC(=O)CCC(=O)Oc4ccc5nc6c(cc5c4)Cn4c-6cc5c(c4=O)COC(=O)C5(CC)OC(C)=O)OP(=O)(O)OCC[N+](C)(C)C)ccc3nc2-1. The molecule has 3 atom stereocenters. The number of rotatable bonds is 22. The van der Waals surface area contributed by atoms with Crippen molar-refractivity contribution < 1.29 is 99.2 Å². The van der Waals surface area contributed by atoms with E-state index in [-0.39, 0.29) is 79.5 Å². The highest BCUT2D eigenvalue weighted by atomic mass is 31.2. The Morgan fingerprint density at radius 1 is 0.636 bits per heavy atom. The molecule has 8 heterocycles. The van der Waals surface area contributed by atoms with E-state index in [0.29, 0.717) is 66.7 Å². The molecular formula is C60H61N5O22P+. The molecule has 4 aliphatic heterocycles. The molecule has 1 N–H and O–H groups in total. The Balaban J connectivity index is 0.730. The van der Waals surface area contributed by atoms with Crippen molar-refractivity contribution in [1.29, 1.82) is 0 Å². The Hall–Kier alpha value is -9.01. The van der Waals surface area contributed by atoms with Gasteiger partial charge in [-0.15, -0.1) is 0 Å². The van der Waals surface area contributed by atoms with Crippen LogP contribution in [-0.4, -0.2) is 130 Å². The number of hydrogen-bond donors (Lipinski definition) is 1. The fourth-order valence-corrected chi connectivity index (χ4v) is 11.8. The first-order chi connectivity index (χ1) is 41.7. The summed E-state index contributed by atoms with van der Waals surface area (Å²) in [4.78, 5) is 150. The van der Waals surface area contributed by atoms with E-state index in [4.69, 9.17) is 56.9 Å². The highest BCUT2D eigenvalue weighted by Crippen LogP contribution is 2.46. The van der Waals surface area contributed by atoms with E-state index in [9.17, 15) is 57.4 Å². The molecule has 462 valence electrons. The van der Waals surface area contributed by atoms with E-state index in [1.807, 2.05) is 21.1 Å². The smallest absolute Gasteiger partial charge is 0.463 e. The van der Waals surface area contributed by atoms with Gasteiger partial charge in [0.25, 0.3) is 11.1 Å². The second-order valence-electron chi connectivity index (χ2n) is 22.4. The van der Waals surface area contributed by atoms with Crippen molar-refractivity contribution in [2.24, 2.45) is 0 Å². The first-order valence-electron chi connectivity index (χ1n) is 28.0. The lowest BCUT2D eigenvalue weighted by molar-refractivity contribution is -0.870. The third-order valence-electron chi connectivity index (χ3n) is 15.2. The largest absolute Gasteiger partial charge is 0.472 e. The number of quaternary nitrogens is 1. The maximum atomic E-state index is 13.8. The fourth-order valence-electron chi connectivity index (χ4n) is 10.9. The molecule has 0 bridgehead atoms. The Labute approximate surface area is 500 Å². The lowest BCUT2D eigenvalue weighted by atomic mass is 9.85. The van der Waals surface area contributed by atoms with Crippen molar-refractivity contribution in [1.82, 2.24) is 19.1 Å². The summed E-state index contributed by atoms with van der Waals surface area (Å²) in [6.45, 7) is 3.87. The summed E-state index contributed by atoms with van der Waals surface area (Å²) < 4.78 is 70.1. The van der Waals surface area contributed by atoms with Crippen molar-refractivity contribution in [2.75, 3.05) is 47.5 Å². The Kier molecular flexibility index (Phi) is 17.1. The number of pyridine rings is 4. The van der Waals surface area contributed by atoms with Gasteiger partial charge in [0.1, 0.15) is 57.2 Å². The van der Waals surface area contributed by atoms with E-state index >= 15 is 0 Å². The van der Waals surface area contributed by atoms with E-state index in [0.717, 1.165) is 13.8 Å². The van der Waals surface area contributed by atoms with Gasteiger partial charge in [-0.1, -0.05) is 13.8 Å². The summed E-state index contributed by atoms with van der Waals surface area (Å²) in [7, 11) is 0.624. The first kappa shape index (κ1) is 62.1. The number of likely N-dealkylation sites (N-methyl/N-ethyl adjacent to an activating group) is 1. The van der Waals surface area contributed by atoms with Crippen molar-refractivity contribution in [3.05, 3.63) is 115 Å². The van der Waals surface area contributed by atoms with Crippen LogP contribution in [0.4, 0.5) is 0 Å². The molecular weight excluding hydrogens is 1170 g/mol. The highest BCUT2D eigenvalue weighted by molar-refractivity contribution is 7.47. The highest BCUT2D eigenvalue weighted by Gasteiger charge is 2.51. The lowest BCUT2D eigenvalue weighted by Crippen LogP contribution is -2.47. The van der Waals surface area contributed by atoms with Crippen LogP contribution in [0.5, 0.6) is 11.5 Å². The molecule has 0 aliphatic carbocycles. The summed E-state index contributed by atoms with van der Waals surface area (Å²) in [5.74, 6) is -6.34. The number of esters is 8. The van der Waals surface area contributed by atoms with Gasteiger partial charge in [0, 0.05) is 46.9 Å². The van der Waals surface area contributed by atoms with E-state index in [1.165, 1.54) is 21.3 Å². The molecule has 88 heavy (non-hydrogen) atoms. The number of hydrogen-bond acceptors (Lipinski definition) is 23. The van der Waals surface area contributed by atoms with Gasteiger partial charge in [0.15, 0.2) is 0 Å². The van der Waals surface area contributed by atoms with Gasteiger partial charge in [-0.2, -0.15) is 0 Å². The zero-order valence-electron chi connectivity index (χ0n) is 49.0. The van der Waals surface area contributed by atoms with Crippen LogP contribution in [-0.2, 0) is 118 Å². The first-order valence-corrected chi connectivity index (χ1v) is 29.5. The predicted octanol–water partition coefficient (Wildman–Crippen LogP) is 4.98. The molecule has 0 fully saturated rings. The van der Waals surface area contributed by atoms with Crippen LogP contribution in [0.3, 0.4) is 0 Å². The predicted molar refractivity (Wildman–Crippen MR) is 303 cm³/mol. The van der Waals surface area contributed by atoms with Crippen LogP contribution in [0.25, 0.3) is 44.6 Å². The van der Waals surface area contributed by atoms with E-state index in [2.05, 4.69) is 0 Å². The molecule has 4 aromatic heterocycles. The van der Waals surface area contributed by atoms with Gasteiger partial charge in [0.05, 0.1) is 105 Å². The number of carbonyl (C=O) groups is 8. The number of cyclic esters (lactones) is 2. The van der Waals surface area contributed by atoms with E-state index in [1.54, 1.807) is 62.4 Å². The van der Waals surface area contributed by atoms with Crippen LogP contribution in [0.1, 0.15) is 99.6 Å². The molecule has 0 amide bonds. The molecule has 27 nitrogen and oxygen atoms in total.